The summed E-state index contributed by atoms with van der Waals surface area (Å²) in [7, 11) is 0. The number of aliphatic hydroxyl groups excluding tert-OH is 1. The van der Waals surface area contributed by atoms with Gasteiger partial charge in [0, 0.05) is 5.69 Å². The molecular formula is C8H8N2O. The van der Waals surface area contributed by atoms with Gasteiger partial charge in [-0.25, -0.2) is 0 Å². The predicted molar refractivity (Wildman–Crippen MR) is 41.5 cm³/mol. The van der Waals surface area contributed by atoms with Crippen LogP contribution in [0, 0.1) is 11.3 Å². The summed E-state index contributed by atoms with van der Waals surface area (Å²) in [6.45, 7) is -0.0836. The summed E-state index contributed by atoms with van der Waals surface area (Å²) in [6, 6.07) is 6.77. The van der Waals surface area contributed by atoms with Crippen molar-refractivity contribution in [3.63, 3.8) is 0 Å². The Bertz CT molecular complexity index is 301. The highest BCUT2D eigenvalue weighted by Crippen LogP contribution is 2.10. The van der Waals surface area contributed by atoms with Crippen LogP contribution in [0.1, 0.15) is 11.1 Å². The van der Waals surface area contributed by atoms with Gasteiger partial charge in [0.1, 0.15) is 0 Å². The Morgan fingerprint density at radius 1 is 1.45 bits per heavy atom. The van der Waals surface area contributed by atoms with E-state index in [1.54, 1.807) is 18.2 Å². The molecule has 0 heterocycles. The molecule has 0 fully saturated rings. The van der Waals surface area contributed by atoms with Gasteiger partial charge < -0.3 is 10.8 Å². The van der Waals surface area contributed by atoms with Gasteiger partial charge in [-0.1, -0.05) is 0 Å². The predicted octanol–water partition coefficient (Wildman–Crippen LogP) is 0.633. The van der Waals surface area contributed by atoms with Crippen molar-refractivity contribution in [2.45, 2.75) is 6.61 Å². The van der Waals surface area contributed by atoms with Crippen LogP contribution >= 0.6 is 0 Å². The van der Waals surface area contributed by atoms with Crippen LogP contribution in [0.2, 0.25) is 0 Å². The summed E-state index contributed by atoms with van der Waals surface area (Å²) in [5.41, 5.74) is 7.10. The Labute approximate surface area is 64.7 Å². The van der Waals surface area contributed by atoms with Gasteiger partial charge >= 0.3 is 0 Å². The zero-order valence-corrected chi connectivity index (χ0v) is 5.91. The van der Waals surface area contributed by atoms with E-state index in [0.717, 1.165) is 0 Å². The number of nitriles is 1. The zero-order valence-electron chi connectivity index (χ0n) is 5.91. The van der Waals surface area contributed by atoms with Crippen molar-refractivity contribution in [2.24, 2.45) is 0 Å². The Balaban J connectivity index is 3.15. The first-order chi connectivity index (χ1) is 5.26. The molecule has 1 aromatic rings. The molecule has 3 heteroatoms. The van der Waals surface area contributed by atoms with E-state index in [9.17, 15) is 0 Å². The average molecular weight is 148 g/mol. The van der Waals surface area contributed by atoms with Crippen molar-refractivity contribution in [2.75, 3.05) is 5.73 Å². The quantitative estimate of drug-likeness (QED) is 0.574. The van der Waals surface area contributed by atoms with E-state index < -0.39 is 0 Å². The summed E-state index contributed by atoms with van der Waals surface area (Å²) in [5, 5.41) is 17.2. The lowest BCUT2D eigenvalue weighted by atomic mass is 10.1. The zero-order chi connectivity index (χ0) is 8.27. The third kappa shape index (κ3) is 1.69. The monoisotopic (exact) mass is 148 g/mol. The van der Waals surface area contributed by atoms with Crippen LogP contribution < -0.4 is 5.73 Å². The molecule has 1 aromatic carbocycles. The number of benzene rings is 1. The number of nitrogens with zero attached hydrogens (tertiary/aromatic N) is 1. The van der Waals surface area contributed by atoms with Crippen molar-refractivity contribution in [1.29, 1.82) is 5.26 Å². The fraction of sp³-hybridized carbons (Fsp3) is 0.125. The van der Waals surface area contributed by atoms with Crippen LogP contribution in [0.15, 0.2) is 18.2 Å². The highest BCUT2D eigenvalue weighted by atomic mass is 16.3. The fourth-order valence-electron chi connectivity index (χ4n) is 0.874. The molecule has 3 N–H and O–H groups in total. The molecule has 3 nitrogen and oxygen atoms in total. The summed E-state index contributed by atoms with van der Waals surface area (Å²) >= 11 is 0. The Kier molecular flexibility index (Phi) is 2.09. The maximum absolute atomic E-state index is 8.72. The van der Waals surface area contributed by atoms with Crippen LogP contribution in [0.4, 0.5) is 5.69 Å². The lowest BCUT2D eigenvalue weighted by Gasteiger charge is -1.98. The molecule has 0 saturated carbocycles. The van der Waals surface area contributed by atoms with E-state index in [-0.39, 0.29) is 6.61 Å². The molecule has 0 aromatic heterocycles. The van der Waals surface area contributed by atoms with Crippen molar-refractivity contribution in [3.8, 4) is 6.07 Å². The molecule has 56 valence electrons. The number of nitrogen functional groups attached to an aromatic ring is 1. The highest BCUT2D eigenvalue weighted by Gasteiger charge is 1.95. The third-order valence-corrected chi connectivity index (χ3v) is 1.33. The minimum Gasteiger partial charge on any atom is -0.399 e. The van der Waals surface area contributed by atoms with Crippen molar-refractivity contribution in [3.05, 3.63) is 29.3 Å². The summed E-state index contributed by atoms with van der Waals surface area (Å²) in [6.07, 6.45) is 0. The second-order valence-electron chi connectivity index (χ2n) is 2.23. The maximum atomic E-state index is 8.72. The molecular weight excluding hydrogens is 140 g/mol. The van der Waals surface area contributed by atoms with Crippen LogP contribution in [-0.2, 0) is 6.61 Å². The molecule has 0 aliphatic carbocycles. The largest absolute Gasteiger partial charge is 0.399 e. The first-order valence-corrected chi connectivity index (χ1v) is 3.16. The second-order valence-corrected chi connectivity index (χ2v) is 2.23. The smallest absolute Gasteiger partial charge is 0.0992 e. The third-order valence-electron chi connectivity index (χ3n) is 1.33. The number of hydrogen-bond acceptors (Lipinski definition) is 3. The molecule has 0 aliphatic rings. The standard InChI is InChI=1S/C8H8N2O/c9-4-6-1-7(5-11)3-8(10)2-6/h1-3,11H,5,10H2. The van der Waals surface area contributed by atoms with Gasteiger partial charge in [0.25, 0.3) is 0 Å². The summed E-state index contributed by atoms with van der Waals surface area (Å²) < 4.78 is 0. The van der Waals surface area contributed by atoms with E-state index in [2.05, 4.69) is 0 Å². The molecule has 1 rings (SSSR count). The van der Waals surface area contributed by atoms with Crippen molar-refractivity contribution < 1.29 is 5.11 Å². The Morgan fingerprint density at radius 2 is 2.18 bits per heavy atom. The van der Waals surface area contributed by atoms with Gasteiger partial charge in [-0.05, 0) is 23.8 Å². The minimum absolute atomic E-state index is 0.0836. The molecule has 0 bridgehead atoms. The molecule has 0 unspecified atom stereocenters. The van der Waals surface area contributed by atoms with Crippen LogP contribution in [0.25, 0.3) is 0 Å². The lowest BCUT2D eigenvalue weighted by Crippen LogP contribution is -1.90. The highest BCUT2D eigenvalue weighted by molar-refractivity contribution is 5.48. The van der Waals surface area contributed by atoms with Gasteiger partial charge in [-0.15, -0.1) is 0 Å². The van der Waals surface area contributed by atoms with E-state index in [4.69, 9.17) is 16.1 Å². The van der Waals surface area contributed by atoms with E-state index >= 15 is 0 Å². The second kappa shape index (κ2) is 3.04. The topological polar surface area (TPSA) is 70.0 Å². The molecule has 0 aliphatic heterocycles. The minimum atomic E-state index is -0.0836. The Hall–Kier alpha value is -1.53. The van der Waals surface area contributed by atoms with E-state index in [1.807, 2.05) is 6.07 Å². The molecule has 11 heavy (non-hydrogen) atoms. The molecule has 0 amide bonds. The molecule has 0 saturated heterocycles. The first-order valence-electron chi connectivity index (χ1n) is 3.16. The van der Waals surface area contributed by atoms with Crippen molar-refractivity contribution >= 4 is 5.69 Å². The molecule has 0 radical (unpaired) electrons. The number of rotatable bonds is 1. The van der Waals surface area contributed by atoms with Crippen LogP contribution in [0.5, 0.6) is 0 Å². The van der Waals surface area contributed by atoms with Crippen LogP contribution in [-0.4, -0.2) is 5.11 Å². The number of anilines is 1. The van der Waals surface area contributed by atoms with Gasteiger partial charge in [-0.3, -0.25) is 0 Å². The van der Waals surface area contributed by atoms with Gasteiger partial charge in [0.05, 0.1) is 18.2 Å². The van der Waals surface area contributed by atoms with Gasteiger partial charge in [0.2, 0.25) is 0 Å². The summed E-state index contributed by atoms with van der Waals surface area (Å²) in [4.78, 5) is 0. The van der Waals surface area contributed by atoms with Crippen molar-refractivity contribution in [1.82, 2.24) is 0 Å². The average Bonchev–Trinajstić information content (AvgIpc) is 2.03. The molecule has 0 spiro atoms. The fourth-order valence-corrected chi connectivity index (χ4v) is 0.874. The summed E-state index contributed by atoms with van der Waals surface area (Å²) in [5.74, 6) is 0. The Morgan fingerprint density at radius 3 is 2.73 bits per heavy atom. The SMILES string of the molecule is N#Cc1cc(N)cc(CO)c1. The first kappa shape index (κ1) is 7.58. The normalized spacial score (nSPS) is 9.09. The molecule has 0 atom stereocenters. The van der Waals surface area contributed by atoms with Crippen LogP contribution in [0.3, 0.4) is 0 Å². The number of aliphatic hydroxyl groups is 1. The van der Waals surface area contributed by atoms with Gasteiger partial charge in [0.15, 0.2) is 0 Å². The number of hydrogen-bond donors (Lipinski definition) is 2. The maximum Gasteiger partial charge on any atom is 0.0992 e. The van der Waals surface area contributed by atoms with Gasteiger partial charge in [-0.2, -0.15) is 5.26 Å². The van der Waals surface area contributed by atoms with E-state index in [1.165, 1.54) is 0 Å². The van der Waals surface area contributed by atoms with E-state index in [0.29, 0.717) is 16.8 Å². The lowest BCUT2D eigenvalue weighted by molar-refractivity contribution is 0.282. The number of nitrogens with two attached hydrogens (primary N) is 1.